The van der Waals surface area contributed by atoms with E-state index in [2.05, 4.69) is 11.3 Å². The van der Waals surface area contributed by atoms with Gasteiger partial charge in [0.05, 0.1) is 21.5 Å². The minimum absolute atomic E-state index is 0.242. The lowest BCUT2D eigenvalue weighted by Crippen LogP contribution is -2.13. The van der Waals surface area contributed by atoms with Gasteiger partial charge in [-0.1, -0.05) is 6.58 Å². The Kier molecular flexibility index (Phi) is 5.69. The molecule has 10 heteroatoms. The standard InChI is InChI=1S/C12H10N2O8/c1-2-11(15)21-3-4-22-12(16)8-5-9(13(17)18)7-10(6-8)14(19)20/h2,5-7H,1,3-4H2. The Morgan fingerprint density at radius 3 is 2.00 bits per heavy atom. The molecule has 0 atom stereocenters. The summed E-state index contributed by atoms with van der Waals surface area (Å²) in [6.45, 7) is 2.61. The van der Waals surface area contributed by atoms with Gasteiger partial charge in [-0.15, -0.1) is 0 Å². The number of rotatable bonds is 7. The van der Waals surface area contributed by atoms with Gasteiger partial charge in [0.15, 0.2) is 0 Å². The molecule has 1 aromatic rings. The third-order valence-corrected chi connectivity index (χ3v) is 2.29. The summed E-state index contributed by atoms with van der Waals surface area (Å²) < 4.78 is 9.25. The summed E-state index contributed by atoms with van der Waals surface area (Å²) in [4.78, 5) is 42.1. The fourth-order valence-corrected chi connectivity index (χ4v) is 1.34. The molecule has 1 rings (SSSR count). The molecule has 0 aliphatic heterocycles. The molecule has 1 aromatic carbocycles. The quantitative estimate of drug-likeness (QED) is 0.242. The number of esters is 2. The van der Waals surface area contributed by atoms with E-state index in [-0.39, 0.29) is 18.8 Å². The number of hydrogen-bond donors (Lipinski definition) is 0. The minimum Gasteiger partial charge on any atom is -0.459 e. The first-order valence-electron chi connectivity index (χ1n) is 5.75. The van der Waals surface area contributed by atoms with E-state index in [0.29, 0.717) is 0 Å². The van der Waals surface area contributed by atoms with Gasteiger partial charge in [0.25, 0.3) is 11.4 Å². The predicted molar refractivity (Wildman–Crippen MR) is 71.2 cm³/mol. The van der Waals surface area contributed by atoms with Crippen LogP contribution in [-0.2, 0) is 14.3 Å². The molecule has 0 fully saturated rings. The lowest BCUT2D eigenvalue weighted by molar-refractivity contribution is -0.394. The first-order chi connectivity index (χ1) is 10.3. The molecule has 0 aromatic heterocycles. The van der Waals surface area contributed by atoms with Gasteiger partial charge in [-0.25, -0.2) is 9.59 Å². The van der Waals surface area contributed by atoms with Crippen molar-refractivity contribution in [1.82, 2.24) is 0 Å². The number of carbonyl (C=O) groups excluding carboxylic acids is 2. The number of benzene rings is 1. The molecule has 0 unspecified atom stereocenters. The van der Waals surface area contributed by atoms with E-state index in [4.69, 9.17) is 4.74 Å². The average molecular weight is 310 g/mol. The maximum atomic E-state index is 11.7. The van der Waals surface area contributed by atoms with E-state index in [1.165, 1.54) is 0 Å². The van der Waals surface area contributed by atoms with Crippen molar-refractivity contribution >= 4 is 23.3 Å². The van der Waals surface area contributed by atoms with E-state index >= 15 is 0 Å². The van der Waals surface area contributed by atoms with Crippen LogP contribution in [-0.4, -0.2) is 35.0 Å². The predicted octanol–water partition coefficient (Wildman–Crippen LogP) is 1.39. The Morgan fingerprint density at radius 2 is 1.55 bits per heavy atom. The second kappa shape index (κ2) is 7.47. The van der Waals surface area contributed by atoms with Crippen molar-refractivity contribution in [2.24, 2.45) is 0 Å². The zero-order valence-electron chi connectivity index (χ0n) is 11.1. The normalized spacial score (nSPS) is 9.64. The number of nitro groups is 2. The molecule has 0 saturated heterocycles. The maximum absolute atomic E-state index is 11.7. The summed E-state index contributed by atoms with van der Waals surface area (Å²) >= 11 is 0. The highest BCUT2D eigenvalue weighted by Crippen LogP contribution is 2.23. The lowest BCUT2D eigenvalue weighted by atomic mass is 10.2. The van der Waals surface area contributed by atoms with Gasteiger partial charge in [0, 0.05) is 18.2 Å². The molecule has 0 saturated carbocycles. The third kappa shape index (κ3) is 4.67. The van der Waals surface area contributed by atoms with Crippen LogP contribution >= 0.6 is 0 Å². The van der Waals surface area contributed by atoms with Crippen molar-refractivity contribution < 1.29 is 28.9 Å². The average Bonchev–Trinajstić information content (AvgIpc) is 2.50. The van der Waals surface area contributed by atoms with Crippen LogP contribution in [0.25, 0.3) is 0 Å². The molecule has 0 amide bonds. The molecule has 0 aliphatic carbocycles. The molecular weight excluding hydrogens is 300 g/mol. The molecular formula is C12H10N2O8. The van der Waals surface area contributed by atoms with Crippen LogP contribution in [0.4, 0.5) is 11.4 Å². The van der Waals surface area contributed by atoms with Gasteiger partial charge in [-0.2, -0.15) is 0 Å². The second-order valence-electron chi connectivity index (χ2n) is 3.76. The summed E-state index contributed by atoms with van der Waals surface area (Å²) in [7, 11) is 0. The number of nitro benzene ring substituents is 2. The number of non-ortho nitro benzene ring substituents is 2. The summed E-state index contributed by atoms with van der Waals surface area (Å²) in [6, 6.07) is 2.43. The minimum atomic E-state index is -1.01. The van der Waals surface area contributed by atoms with Crippen molar-refractivity contribution in [3.05, 3.63) is 56.6 Å². The number of carbonyl (C=O) groups is 2. The van der Waals surface area contributed by atoms with E-state index in [1.807, 2.05) is 0 Å². The smallest absolute Gasteiger partial charge is 0.338 e. The molecule has 0 bridgehead atoms. The van der Waals surface area contributed by atoms with Gasteiger partial charge in [-0.05, 0) is 0 Å². The highest BCUT2D eigenvalue weighted by atomic mass is 16.6. The highest BCUT2D eigenvalue weighted by Gasteiger charge is 2.20. The lowest BCUT2D eigenvalue weighted by Gasteiger charge is -2.05. The second-order valence-corrected chi connectivity index (χ2v) is 3.76. The van der Waals surface area contributed by atoms with E-state index < -0.39 is 33.2 Å². The van der Waals surface area contributed by atoms with Crippen molar-refractivity contribution in [3.8, 4) is 0 Å². The fraction of sp³-hybridized carbons (Fsp3) is 0.167. The molecule has 0 N–H and O–H groups in total. The maximum Gasteiger partial charge on any atom is 0.338 e. The van der Waals surface area contributed by atoms with Gasteiger partial charge in [0.1, 0.15) is 13.2 Å². The van der Waals surface area contributed by atoms with Crippen LogP contribution in [0.15, 0.2) is 30.9 Å². The van der Waals surface area contributed by atoms with Crippen LogP contribution in [0.3, 0.4) is 0 Å². The van der Waals surface area contributed by atoms with Crippen LogP contribution in [0.2, 0.25) is 0 Å². The first-order valence-corrected chi connectivity index (χ1v) is 5.75. The van der Waals surface area contributed by atoms with Crippen LogP contribution in [0.1, 0.15) is 10.4 Å². The summed E-state index contributed by atoms with van der Waals surface area (Å²) in [5.41, 5.74) is -1.57. The molecule has 116 valence electrons. The topological polar surface area (TPSA) is 139 Å². The van der Waals surface area contributed by atoms with Crippen molar-refractivity contribution in [3.63, 3.8) is 0 Å². The van der Waals surface area contributed by atoms with Crippen molar-refractivity contribution in [1.29, 1.82) is 0 Å². The summed E-state index contributed by atoms with van der Waals surface area (Å²) in [6.07, 6.45) is 0.922. The zero-order valence-corrected chi connectivity index (χ0v) is 11.1. The zero-order chi connectivity index (χ0) is 16.7. The van der Waals surface area contributed by atoms with E-state index in [0.717, 1.165) is 24.3 Å². The molecule has 22 heavy (non-hydrogen) atoms. The fourth-order valence-electron chi connectivity index (χ4n) is 1.34. The van der Waals surface area contributed by atoms with Crippen molar-refractivity contribution in [2.75, 3.05) is 13.2 Å². The number of hydrogen-bond acceptors (Lipinski definition) is 8. The number of nitrogens with zero attached hydrogens (tertiary/aromatic N) is 2. The first kappa shape index (κ1) is 16.8. The Labute approximate surface area is 123 Å². The number of ether oxygens (including phenoxy) is 2. The summed E-state index contributed by atoms with van der Waals surface area (Å²) in [5.74, 6) is -1.72. The molecule has 0 spiro atoms. The van der Waals surface area contributed by atoms with E-state index in [1.54, 1.807) is 0 Å². The Morgan fingerprint density at radius 1 is 1.05 bits per heavy atom. The molecule has 10 nitrogen and oxygen atoms in total. The molecule has 0 aliphatic rings. The third-order valence-electron chi connectivity index (χ3n) is 2.29. The summed E-state index contributed by atoms with van der Waals surface area (Å²) in [5, 5.41) is 21.4. The van der Waals surface area contributed by atoms with Crippen LogP contribution in [0.5, 0.6) is 0 Å². The van der Waals surface area contributed by atoms with Gasteiger partial charge in [0.2, 0.25) is 0 Å². The SMILES string of the molecule is C=CC(=O)OCCOC(=O)c1cc([N+](=O)[O-])cc([N+](=O)[O-])c1. The van der Waals surface area contributed by atoms with Crippen LogP contribution < -0.4 is 0 Å². The Bertz CT molecular complexity index is 608. The monoisotopic (exact) mass is 310 g/mol. The highest BCUT2D eigenvalue weighted by molar-refractivity contribution is 5.91. The Balaban J connectivity index is 2.79. The van der Waals surface area contributed by atoms with Gasteiger partial charge in [-0.3, -0.25) is 20.2 Å². The van der Waals surface area contributed by atoms with Crippen LogP contribution in [0, 0.1) is 20.2 Å². The molecule has 0 heterocycles. The van der Waals surface area contributed by atoms with Crippen molar-refractivity contribution in [2.45, 2.75) is 0 Å². The largest absolute Gasteiger partial charge is 0.459 e. The van der Waals surface area contributed by atoms with E-state index in [9.17, 15) is 29.8 Å². The van der Waals surface area contributed by atoms with Gasteiger partial charge < -0.3 is 9.47 Å². The Hall–Kier alpha value is -3.30. The van der Waals surface area contributed by atoms with Gasteiger partial charge >= 0.3 is 11.9 Å². The molecule has 0 radical (unpaired) electrons.